The number of aliphatic hydroxyl groups excluding tert-OH is 1. The molecule has 10 heteroatoms. The van der Waals surface area contributed by atoms with Crippen LogP contribution in [0.1, 0.15) is 6.92 Å². The maximum atomic E-state index is 11.7. The van der Waals surface area contributed by atoms with Gasteiger partial charge >= 0.3 is 6.03 Å². The lowest BCUT2D eigenvalue weighted by atomic mass is 10.2. The number of nitrogens with one attached hydrogen (secondary N) is 3. The summed E-state index contributed by atoms with van der Waals surface area (Å²) in [5, 5.41) is 21.9. The van der Waals surface area contributed by atoms with Crippen molar-refractivity contribution in [2.75, 3.05) is 43.1 Å². The Labute approximate surface area is 167 Å². The smallest absolute Gasteiger partial charge is 0.319 e. The molecule has 0 aliphatic carbocycles. The number of carbonyl (C=O) groups excluding carboxylic acids is 1. The van der Waals surface area contributed by atoms with Gasteiger partial charge in [0.15, 0.2) is 11.5 Å². The molecule has 2 aromatic heterocycles. The first-order chi connectivity index (χ1) is 14.1. The Balaban J connectivity index is 1.60. The third-order valence-electron chi connectivity index (χ3n) is 4.63. The topological polar surface area (TPSA) is 128 Å². The Kier molecular flexibility index (Phi) is 5.54. The van der Waals surface area contributed by atoms with E-state index in [1.54, 1.807) is 18.3 Å². The van der Waals surface area contributed by atoms with Gasteiger partial charge in [-0.3, -0.25) is 5.10 Å². The molecule has 4 N–H and O–H groups in total. The number of ether oxygens (including phenoxy) is 1. The molecule has 1 aliphatic heterocycles. The van der Waals surface area contributed by atoms with E-state index in [1.807, 2.05) is 19.1 Å². The van der Waals surface area contributed by atoms with E-state index in [2.05, 4.69) is 30.7 Å². The summed E-state index contributed by atoms with van der Waals surface area (Å²) in [6.45, 7) is 4.30. The van der Waals surface area contributed by atoms with E-state index in [9.17, 15) is 4.79 Å². The molecule has 1 fully saturated rings. The number of benzene rings is 1. The minimum Gasteiger partial charge on any atom is -0.395 e. The van der Waals surface area contributed by atoms with Crippen molar-refractivity contribution in [1.82, 2.24) is 25.5 Å². The van der Waals surface area contributed by atoms with Gasteiger partial charge in [0.1, 0.15) is 5.82 Å². The number of fused-ring (bicyclic) bond motifs is 1. The minimum absolute atomic E-state index is 0.107. The van der Waals surface area contributed by atoms with Gasteiger partial charge in [-0.25, -0.2) is 14.8 Å². The molecule has 0 spiro atoms. The number of aromatic nitrogens is 4. The highest BCUT2D eigenvalue weighted by Gasteiger charge is 2.22. The van der Waals surface area contributed by atoms with Crippen LogP contribution in [0.2, 0.25) is 0 Å². The number of aliphatic hydroxyl groups is 1. The molecule has 1 aromatic carbocycles. The van der Waals surface area contributed by atoms with Crippen LogP contribution in [-0.4, -0.2) is 70.3 Å². The Bertz CT molecular complexity index is 989. The normalized spacial score (nSPS) is 16.8. The number of carbonyl (C=O) groups is 1. The third-order valence-corrected chi connectivity index (χ3v) is 4.63. The molecule has 2 amide bonds. The van der Waals surface area contributed by atoms with Crippen molar-refractivity contribution in [2.24, 2.45) is 0 Å². The monoisotopic (exact) mass is 397 g/mol. The molecule has 29 heavy (non-hydrogen) atoms. The van der Waals surface area contributed by atoms with Crippen LogP contribution in [0.25, 0.3) is 22.4 Å². The van der Waals surface area contributed by atoms with Crippen molar-refractivity contribution < 1.29 is 14.6 Å². The summed E-state index contributed by atoms with van der Waals surface area (Å²) >= 11 is 0. The molecule has 1 unspecified atom stereocenters. The first kappa shape index (κ1) is 19.1. The summed E-state index contributed by atoms with van der Waals surface area (Å²) < 4.78 is 5.65. The van der Waals surface area contributed by atoms with Crippen molar-refractivity contribution >= 4 is 28.6 Å². The molecule has 0 radical (unpaired) electrons. The Morgan fingerprint density at radius 2 is 2.17 bits per heavy atom. The van der Waals surface area contributed by atoms with E-state index in [-0.39, 0.29) is 25.3 Å². The maximum Gasteiger partial charge on any atom is 0.319 e. The van der Waals surface area contributed by atoms with E-state index in [0.717, 1.165) is 29.9 Å². The number of aromatic amines is 1. The van der Waals surface area contributed by atoms with Crippen molar-refractivity contribution in [2.45, 2.75) is 13.0 Å². The molecule has 0 saturated carbocycles. The molecule has 10 nitrogen and oxygen atoms in total. The Morgan fingerprint density at radius 3 is 2.93 bits per heavy atom. The molecule has 152 valence electrons. The van der Waals surface area contributed by atoms with Gasteiger partial charge in [-0.2, -0.15) is 5.10 Å². The second-order valence-electron chi connectivity index (χ2n) is 6.81. The van der Waals surface area contributed by atoms with Crippen LogP contribution in [-0.2, 0) is 4.74 Å². The zero-order chi connectivity index (χ0) is 20.2. The Hall–Kier alpha value is -3.24. The highest BCUT2D eigenvalue weighted by atomic mass is 16.5. The van der Waals surface area contributed by atoms with Crippen LogP contribution in [0.5, 0.6) is 0 Å². The van der Waals surface area contributed by atoms with Crippen LogP contribution in [0.15, 0.2) is 30.5 Å². The van der Waals surface area contributed by atoms with Gasteiger partial charge in [-0.15, -0.1) is 0 Å². The van der Waals surface area contributed by atoms with E-state index in [0.29, 0.717) is 23.8 Å². The highest BCUT2D eigenvalue weighted by molar-refractivity contribution is 5.90. The largest absolute Gasteiger partial charge is 0.395 e. The molecular formula is C19H23N7O3. The third kappa shape index (κ3) is 4.28. The number of morpholine rings is 1. The molecule has 3 heterocycles. The molecule has 1 aliphatic rings. The fourth-order valence-corrected chi connectivity index (χ4v) is 3.25. The minimum atomic E-state index is -0.370. The van der Waals surface area contributed by atoms with E-state index >= 15 is 0 Å². The van der Waals surface area contributed by atoms with Crippen LogP contribution in [0, 0.1) is 0 Å². The summed E-state index contributed by atoms with van der Waals surface area (Å²) in [7, 11) is 0. The second-order valence-corrected chi connectivity index (χ2v) is 6.81. The highest BCUT2D eigenvalue weighted by Crippen LogP contribution is 2.28. The van der Waals surface area contributed by atoms with Crippen LogP contribution >= 0.6 is 0 Å². The first-order valence-electron chi connectivity index (χ1n) is 9.48. The first-order valence-corrected chi connectivity index (χ1v) is 9.48. The van der Waals surface area contributed by atoms with Crippen molar-refractivity contribution in [1.29, 1.82) is 0 Å². The maximum absolute atomic E-state index is 11.7. The molecule has 1 atom stereocenters. The van der Waals surface area contributed by atoms with Crippen LogP contribution in [0.4, 0.5) is 16.3 Å². The summed E-state index contributed by atoms with van der Waals surface area (Å²) in [6, 6.07) is 6.90. The number of anilines is 2. The SMILES string of the molecule is CC1CN(c2nc(-c3ccc(NC(=O)NCCO)cc3)nc3[nH]ncc23)CCO1. The second kappa shape index (κ2) is 8.41. The van der Waals surface area contributed by atoms with Gasteiger partial charge in [0.2, 0.25) is 0 Å². The molecular weight excluding hydrogens is 374 g/mol. The van der Waals surface area contributed by atoms with Gasteiger partial charge in [-0.05, 0) is 31.2 Å². The quantitative estimate of drug-likeness (QED) is 0.512. The number of amides is 2. The van der Waals surface area contributed by atoms with Gasteiger partial charge < -0.3 is 25.4 Å². The fourth-order valence-electron chi connectivity index (χ4n) is 3.25. The average Bonchev–Trinajstić information content (AvgIpc) is 3.21. The van der Waals surface area contributed by atoms with Crippen LogP contribution < -0.4 is 15.5 Å². The average molecular weight is 397 g/mol. The summed E-state index contributed by atoms with van der Waals surface area (Å²) in [4.78, 5) is 23.3. The molecule has 1 saturated heterocycles. The molecule has 4 rings (SSSR count). The summed E-state index contributed by atoms with van der Waals surface area (Å²) in [5.74, 6) is 1.41. The standard InChI is InChI=1S/C19H23N7O3/c1-12-11-26(7-9-29-12)18-15-10-21-25-17(15)23-16(24-18)13-2-4-14(5-3-13)22-19(28)20-6-8-27/h2-5,10,12,27H,6-9,11H2,1H3,(H2,20,22,28)(H,21,23,24,25). The number of urea groups is 1. The van der Waals surface area contributed by atoms with Crippen molar-refractivity contribution in [3.8, 4) is 11.4 Å². The summed E-state index contributed by atoms with van der Waals surface area (Å²) in [6.07, 6.45) is 1.87. The van der Waals surface area contributed by atoms with E-state index in [1.165, 1.54) is 0 Å². The van der Waals surface area contributed by atoms with Gasteiger partial charge in [0.05, 0.1) is 30.9 Å². The number of rotatable bonds is 5. The van der Waals surface area contributed by atoms with Crippen LogP contribution in [0.3, 0.4) is 0 Å². The number of nitrogens with zero attached hydrogens (tertiary/aromatic N) is 4. The lowest BCUT2D eigenvalue weighted by molar-refractivity contribution is 0.0530. The van der Waals surface area contributed by atoms with E-state index in [4.69, 9.17) is 14.8 Å². The molecule has 0 bridgehead atoms. The summed E-state index contributed by atoms with van der Waals surface area (Å²) in [5.41, 5.74) is 2.13. The Morgan fingerprint density at radius 1 is 1.34 bits per heavy atom. The van der Waals surface area contributed by atoms with Crippen molar-refractivity contribution in [3.63, 3.8) is 0 Å². The number of H-pyrrole nitrogens is 1. The predicted molar refractivity (Wildman–Crippen MR) is 109 cm³/mol. The zero-order valence-electron chi connectivity index (χ0n) is 16.1. The molecule has 3 aromatic rings. The zero-order valence-corrected chi connectivity index (χ0v) is 16.1. The van der Waals surface area contributed by atoms with Crippen molar-refractivity contribution in [3.05, 3.63) is 30.5 Å². The number of hydrogen-bond donors (Lipinski definition) is 4. The lowest BCUT2D eigenvalue weighted by Crippen LogP contribution is -2.41. The predicted octanol–water partition coefficient (Wildman–Crippen LogP) is 1.36. The number of hydrogen-bond acceptors (Lipinski definition) is 7. The van der Waals surface area contributed by atoms with Gasteiger partial charge in [0.25, 0.3) is 0 Å². The van der Waals surface area contributed by atoms with Gasteiger partial charge in [0, 0.05) is 30.9 Å². The fraction of sp³-hybridized carbons (Fsp3) is 0.368. The van der Waals surface area contributed by atoms with E-state index < -0.39 is 0 Å². The lowest BCUT2D eigenvalue weighted by Gasteiger charge is -2.32. The van der Waals surface area contributed by atoms with Gasteiger partial charge in [-0.1, -0.05) is 0 Å².